The smallest absolute Gasteiger partial charge is 0.321 e. The van der Waals surface area contributed by atoms with Gasteiger partial charge in [-0.2, -0.15) is 0 Å². The van der Waals surface area contributed by atoms with E-state index < -0.39 is 0 Å². The highest BCUT2D eigenvalue weighted by Gasteiger charge is 2.25. The zero-order valence-corrected chi connectivity index (χ0v) is 13.8. The summed E-state index contributed by atoms with van der Waals surface area (Å²) in [5.74, 6) is 0.456. The van der Waals surface area contributed by atoms with Crippen molar-refractivity contribution in [2.45, 2.75) is 13.0 Å². The molecule has 0 saturated carbocycles. The number of halogens is 1. The van der Waals surface area contributed by atoms with Gasteiger partial charge in [-0.1, -0.05) is 18.2 Å². The van der Waals surface area contributed by atoms with Crippen LogP contribution in [0.3, 0.4) is 0 Å². The summed E-state index contributed by atoms with van der Waals surface area (Å²) < 4.78 is 18.8. The largest absolute Gasteiger partial charge is 0.489 e. The molecule has 1 aliphatic rings. The first-order chi connectivity index (χ1) is 12.1. The van der Waals surface area contributed by atoms with Crippen LogP contribution in [0.4, 0.5) is 14.9 Å². The molecule has 0 aromatic heterocycles. The molecule has 1 saturated heterocycles. The lowest BCUT2D eigenvalue weighted by Gasteiger charge is -2.17. The van der Waals surface area contributed by atoms with E-state index in [1.807, 2.05) is 0 Å². The summed E-state index contributed by atoms with van der Waals surface area (Å²) in [7, 11) is 0. The van der Waals surface area contributed by atoms with Gasteiger partial charge in [-0.25, -0.2) is 9.18 Å². The summed E-state index contributed by atoms with van der Waals surface area (Å²) in [6.07, 6.45) is 0.820. The topological polar surface area (TPSA) is 61.8 Å². The monoisotopic (exact) mass is 344 g/mol. The van der Waals surface area contributed by atoms with Crippen molar-refractivity contribution in [1.82, 2.24) is 4.90 Å². The van der Waals surface area contributed by atoms with Gasteiger partial charge in [-0.05, 0) is 36.2 Å². The average molecular weight is 344 g/mol. The maximum absolute atomic E-state index is 13.2. The Morgan fingerprint density at radius 1 is 1.28 bits per heavy atom. The second kappa shape index (κ2) is 7.98. The Hall–Kier alpha value is -2.60. The number of ether oxygens (including phenoxy) is 1. The molecule has 2 aromatic carbocycles. The molecule has 1 heterocycles. The second-order valence-corrected chi connectivity index (χ2v) is 6.16. The molecule has 1 aliphatic heterocycles. The van der Waals surface area contributed by atoms with Crippen LogP contribution in [0.2, 0.25) is 0 Å². The predicted molar refractivity (Wildman–Crippen MR) is 93.0 cm³/mol. The Kier molecular flexibility index (Phi) is 5.50. The number of aliphatic hydroxyl groups excluding tert-OH is 1. The van der Waals surface area contributed by atoms with Crippen LogP contribution in [-0.2, 0) is 6.61 Å². The third kappa shape index (κ3) is 4.70. The average Bonchev–Trinajstić information content (AvgIpc) is 3.10. The van der Waals surface area contributed by atoms with E-state index >= 15 is 0 Å². The van der Waals surface area contributed by atoms with E-state index in [9.17, 15) is 9.18 Å². The molecule has 3 rings (SSSR count). The number of rotatable bonds is 5. The normalized spacial score (nSPS) is 16.7. The molecule has 1 atom stereocenters. The number of anilines is 1. The van der Waals surface area contributed by atoms with Crippen LogP contribution in [0.1, 0.15) is 12.0 Å². The lowest BCUT2D eigenvalue weighted by atomic mass is 10.1. The van der Waals surface area contributed by atoms with Crippen LogP contribution in [0, 0.1) is 11.7 Å². The van der Waals surface area contributed by atoms with E-state index in [-0.39, 0.29) is 31.0 Å². The summed E-state index contributed by atoms with van der Waals surface area (Å²) in [6, 6.07) is 13.2. The van der Waals surface area contributed by atoms with E-state index in [4.69, 9.17) is 9.84 Å². The highest BCUT2D eigenvalue weighted by atomic mass is 19.1. The van der Waals surface area contributed by atoms with Gasteiger partial charge in [0.1, 0.15) is 18.2 Å². The first kappa shape index (κ1) is 17.2. The van der Waals surface area contributed by atoms with Gasteiger partial charge in [0, 0.05) is 37.4 Å². The molecule has 0 aliphatic carbocycles. The van der Waals surface area contributed by atoms with Crippen molar-refractivity contribution >= 4 is 11.7 Å². The van der Waals surface area contributed by atoms with Crippen molar-refractivity contribution < 1.29 is 19.0 Å². The number of carbonyl (C=O) groups excluding carboxylic acids is 1. The Morgan fingerprint density at radius 3 is 2.88 bits per heavy atom. The Bertz CT molecular complexity index is 738. The summed E-state index contributed by atoms with van der Waals surface area (Å²) in [5, 5.41) is 12.0. The molecule has 1 fully saturated rings. The quantitative estimate of drug-likeness (QED) is 0.875. The van der Waals surface area contributed by atoms with E-state index in [0.717, 1.165) is 12.0 Å². The number of aliphatic hydroxyl groups is 1. The molecule has 5 nitrogen and oxygen atoms in total. The molecule has 1 unspecified atom stereocenters. The molecule has 2 aromatic rings. The predicted octanol–water partition coefficient (Wildman–Crippen LogP) is 3.25. The van der Waals surface area contributed by atoms with Crippen molar-refractivity contribution in [3.05, 3.63) is 59.9 Å². The highest BCUT2D eigenvalue weighted by Crippen LogP contribution is 2.21. The Balaban J connectivity index is 1.57. The van der Waals surface area contributed by atoms with Crippen LogP contribution >= 0.6 is 0 Å². The summed E-state index contributed by atoms with van der Waals surface area (Å²) >= 11 is 0. The number of amides is 2. The standard InChI is InChI=1S/C19H21FN2O3/c20-16-4-1-3-14(9-16)13-25-18-6-2-5-17(10-18)21-19(24)22-8-7-15(11-22)12-23/h1-6,9-10,15,23H,7-8,11-13H2,(H,21,24). The summed E-state index contributed by atoms with van der Waals surface area (Å²) in [5.41, 5.74) is 1.37. The van der Waals surface area contributed by atoms with Gasteiger partial charge in [0.25, 0.3) is 0 Å². The van der Waals surface area contributed by atoms with Crippen molar-refractivity contribution in [3.63, 3.8) is 0 Å². The number of nitrogens with zero attached hydrogens (tertiary/aromatic N) is 1. The van der Waals surface area contributed by atoms with Gasteiger partial charge in [0.2, 0.25) is 0 Å². The van der Waals surface area contributed by atoms with Crippen LogP contribution in [0.25, 0.3) is 0 Å². The molecule has 25 heavy (non-hydrogen) atoms. The maximum Gasteiger partial charge on any atom is 0.321 e. The molecule has 0 bridgehead atoms. The Morgan fingerprint density at radius 2 is 2.12 bits per heavy atom. The SMILES string of the molecule is O=C(Nc1cccc(OCc2cccc(F)c2)c1)N1CCC(CO)C1. The van der Waals surface area contributed by atoms with E-state index in [1.54, 1.807) is 41.3 Å². The number of likely N-dealkylation sites (tertiary alicyclic amines) is 1. The van der Waals surface area contributed by atoms with E-state index in [0.29, 0.717) is 24.5 Å². The van der Waals surface area contributed by atoms with Gasteiger partial charge in [0.05, 0.1) is 0 Å². The maximum atomic E-state index is 13.2. The number of benzene rings is 2. The zero-order chi connectivity index (χ0) is 17.6. The minimum Gasteiger partial charge on any atom is -0.489 e. The molecule has 0 spiro atoms. The lowest BCUT2D eigenvalue weighted by Crippen LogP contribution is -2.33. The molecular weight excluding hydrogens is 323 g/mol. The fraction of sp³-hybridized carbons (Fsp3) is 0.316. The van der Waals surface area contributed by atoms with Crippen LogP contribution in [0.5, 0.6) is 5.75 Å². The van der Waals surface area contributed by atoms with Gasteiger partial charge >= 0.3 is 6.03 Å². The number of hydrogen-bond donors (Lipinski definition) is 2. The number of carbonyl (C=O) groups is 1. The first-order valence-electron chi connectivity index (χ1n) is 8.28. The van der Waals surface area contributed by atoms with Crippen molar-refractivity contribution in [3.8, 4) is 5.75 Å². The van der Waals surface area contributed by atoms with Crippen molar-refractivity contribution in [2.24, 2.45) is 5.92 Å². The van der Waals surface area contributed by atoms with E-state index in [1.165, 1.54) is 12.1 Å². The molecule has 132 valence electrons. The summed E-state index contributed by atoms with van der Waals surface area (Å²) in [4.78, 5) is 14.0. The zero-order valence-electron chi connectivity index (χ0n) is 13.8. The Labute approximate surface area is 146 Å². The fourth-order valence-electron chi connectivity index (χ4n) is 2.83. The third-order valence-electron chi connectivity index (χ3n) is 4.21. The molecule has 0 radical (unpaired) electrons. The second-order valence-electron chi connectivity index (χ2n) is 6.16. The van der Waals surface area contributed by atoms with Crippen LogP contribution in [0.15, 0.2) is 48.5 Å². The molecule has 6 heteroatoms. The van der Waals surface area contributed by atoms with Crippen LogP contribution in [-0.4, -0.2) is 35.7 Å². The third-order valence-corrected chi connectivity index (χ3v) is 4.21. The molecular formula is C19H21FN2O3. The summed E-state index contributed by atoms with van der Waals surface area (Å²) in [6.45, 7) is 1.57. The number of urea groups is 1. The molecule has 2 N–H and O–H groups in total. The molecule has 2 amide bonds. The first-order valence-corrected chi connectivity index (χ1v) is 8.28. The number of nitrogens with one attached hydrogen (secondary N) is 1. The van der Waals surface area contributed by atoms with Gasteiger partial charge in [-0.3, -0.25) is 0 Å². The van der Waals surface area contributed by atoms with Crippen molar-refractivity contribution in [1.29, 1.82) is 0 Å². The van der Waals surface area contributed by atoms with Gasteiger partial charge < -0.3 is 20.1 Å². The minimum atomic E-state index is -0.297. The van der Waals surface area contributed by atoms with Crippen LogP contribution < -0.4 is 10.1 Å². The lowest BCUT2D eigenvalue weighted by molar-refractivity contribution is 0.209. The number of hydrogen-bond acceptors (Lipinski definition) is 3. The van der Waals surface area contributed by atoms with Gasteiger partial charge in [-0.15, -0.1) is 0 Å². The fourth-order valence-corrected chi connectivity index (χ4v) is 2.83. The highest BCUT2D eigenvalue weighted by molar-refractivity contribution is 5.89. The minimum absolute atomic E-state index is 0.104. The van der Waals surface area contributed by atoms with E-state index in [2.05, 4.69) is 5.32 Å². The van der Waals surface area contributed by atoms with Gasteiger partial charge in [0.15, 0.2) is 0 Å². The van der Waals surface area contributed by atoms with Crippen molar-refractivity contribution in [2.75, 3.05) is 25.0 Å².